The SMILES string of the molecule is C=CC[C@@H]1OC(C)(C)O[C@H]1C(C#CC[C@H](C)O)OCc1ccc(OC)cc1. The van der Waals surface area contributed by atoms with Gasteiger partial charge >= 0.3 is 0 Å². The van der Waals surface area contributed by atoms with Crippen LogP contribution in [0.2, 0.25) is 0 Å². The number of aliphatic hydroxyl groups is 1. The first kappa shape index (κ1) is 21.5. The summed E-state index contributed by atoms with van der Waals surface area (Å²) in [5, 5.41) is 9.48. The molecular weight excluding hydrogens is 344 g/mol. The van der Waals surface area contributed by atoms with Gasteiger partial charge in [-0.05, 0) is 44.9 Å². The molecule has 1 heterocycles. The molecule has 2 rings (SSSR count). The Hall–Kier alpha value is -1.84. The van der Waals surface area contributed by atoms with Crippen LogP contribution in [-0.4, -0.2) is 42.4 Å². The second kappa shape index (κ2) is 9.91. The third-order valence-corrected chi connectivity index (χ3v) is 4.15. The van der Waals surface area contributed by atoms with Crippen LogP contribution in [0.3, 0.4) is 0 Å². The summed E-state index contributed by atoms with van der Waals surface area (Å²) < 4.78 is 23.3. The lowest BCUT2D eigenvalue weighted by Crippen LogP contribution is -2.36. The maximum Gasteiger partial charge on any atom is 0.163 e. The topological polar surface area (TPSA) is 57.2 Å². The zero-order chi connectivity index (χ0) is 19.9. The molecule has 1 aromatic rings. The monoisotopic (exact) mass is 374 g/mol. The summed E-state index contributed by atoms with van der Waals surface area (Å²) in [5.41, 5.74) is 1.01. The third-order valence-electron chi connectivity index (χ3n) is 4.15. The summed E-state index contributed by atoms with van der Waals surface area (Å²) in [6.07, 6.45) is 1.36. The summed E-state index contributed by atoms with van der Waals surface area (Å²) in [6.45, 7) is 9.66. The first-order chi connectivity index (χ1) is 12.8. The summed E-state index contributed by atoms with van der Waals surface area (Å²) in [6, 6.07) is 7.70. The van der Waals surface area contributed by atoms with Gasteiger partial charge in [0.2, 0.25) is 0 Å². The van der Waals surface area contributed by atoms with E-state index in [9.17, 15) is 5.11 Å². The Kier molecular flexibility index (Phi) is 7.88. The molecule has 1 unspecified atom stereocenters. The number of methoxy groups -OCH3 is 1. The Labute approximate surface area is 162 Å². The van der Waals surface area contributed by atoms with E-state index in [0.29, 0.717) is 19.4 Å². The molecule has 5 nitrogen and oxygen atoms in total. The van der Waals surface area contributed by atoms with Crippen molar-refractivity contribution in [2.45, 2.75) is 70.4 Å². The highest BCUT2D eigenvalue weighted by molar-refractivity contribution is 5.26. The van der Waals surface area contributed by atoms with Crippen LogP contribution in [0, 0.1) is 11.8 Å². The highest BCUT2D eigenvalue weighted by Gasteiger charge is 2.44. The molecule has 1 fully saturated rings. The van der Waals surface area contributed by atoms with Gasteiger partial charge in [0, 0.05) is 6.42 Å². The van der Waals surface area contributed by atoms with Gasteiger partial charge < -0.3 is 24.1 Å². The van der Waals surface area contributed by atoms with Crippen molar-refractivity contribution in [1.29, 1.82) is 0 Å². The molecule has 1 aliphatic heterocycles. The molecule has 0 aromatic heterocycles. The van der Waals surface area contributed by atoms with Crippen LogP contribution in [0.25, 0.3) is 0 Å². The highest BCUT2D eigenvalue weighted by Crippen LogP contribution is 2.33. The summed E-state index contributed by atoms with van der Waals surface area (Å²) >= 11 is 0. The molecule has 1 aliphatic rings. The van der Waals surface area contributed by atoms with Gasteiger partial charge in [0.25, 0.3) is 0 Å². The van der Waals surface area contributed by atoms with E-state index in [4.69, 9.17) is 18.9 Å². The second-order valence-corrected chi connectivity index (χ2v) is 7.12. The lowest BCUT2D eigenvalue weighted by molar-refractivity contribution is -0.155. The zero-order valence-corrected chi connectivity index (χ0v) is 16.6. The lowest BCUT2D eigenvalue weighted by atomic mass is 10.0. The molecule has 0 aliphatic carbocycles. The number of ether oxygens (including phenoxy) is 4. The van der Waals surface area contributed by atoms with Crippen molar-refractivity contribution >= 4 is 0 Å². The molecule has 0 amide bonds. The van der Waals surface area contributed by atoms with E-state index in [1.807, 2.05) is 44.2 Å². The van der Waals surface area contributed by atoms with Crippen LogP contribution in [0.1, 0.15) is 39.2 Å². The predicted octanol–water partition coefficient (Wildman–Crippen LogP) is 3.45. The van der Waals surface area contributed by atoms with Crippen molar-refractivity contribution in [2.24, 2.45) is 0 Å². The summed E-state index contributed by atoms with van der Waals surface area (Å²) in [4.78, 5) is 0. The molecule has 0 saturated carbocycles. The fourth-order valence-electron chi connectivity index (χ4n) is 2.90. The zero-order valence-electron chi connectivity index (χ0n) is 16.6. The van der Waals surface area contributed by atoms with Crippen molar-refractivity contribution < 1.29 is 24.1 Å². The lowest BCUT2D eigenvalue weighted by Gasteiger charge is -2.23. The maximum absolute atomic E-state index is 9.48. The Morgan fingerprint density at radius 1 is 1.30 bits per heavy atom. The molecular formula is C22H30O5. The fourth-order valence-corrected chi connectivity index (χ4v) is 2.90. The Bertz CT molecular complexity index is 654. The molecule has 0 spiro atoms. The number of rotatable bonds is 8. The van der Waals surface area contributed by atoms with Crippen LogP contribution in [0.15, 0.2) is 36.9 Å². The van der Waals surface area contributed by atoms with Gasteiger partial charge in [-0.1, -0.05) is 30.0 Å². The normalized spacial score (nSPS) is 23.1. The third kappa shape index (κ3) is 6.67. The van der Waals surface area contributed by atoms with E-state index in [2.05, 4.69) is 18.4 Å². The quantitative estimate of drug-likeness (QED) is 0.558. The molecule has 1 N–H and O–H groups in total. The standard InChI is InChI=1S/C22H30O5/c1-6-8-20-21(27-22(3,4)26-20)19(10-7-9-16(2)23)25-15-17-11-13-18(24-5)14-12-17/h6,11-14,16,19-21,23H,1,8-9,15H2,2-5H3/t16-,19?,20-,21-/m0/s1. The number of benzene rings is 1. The van der Waals surface area contributed by atoms with E-state index in [1.165, 1.54) is 0 Å². The van der Waals surface area contributed by atoms with Crippen LogP contribution >= 0.6 is 0 Å². The van der Waals surface area contributed by atoms with Gasteiger partial charge in [-0.2, -0.15) is 0 Å². The number of hydrogen-bond acceptors (Lipinski definition) is 5. The maximum atomic E-state index is 9.48. The van der Waals surface area contributed by atoms with E-state index in [0.717, 1.165) is 11.3 Å². The van der Waals surface area contributed by atoms with Crippen molar-refractivity contribution in [3.05, 3.63) is 42.5 Å². The average Bonchev–Trinajstić information content (AvgIpc) is 2.92. The van der Waals surface area contributed by atoms with E-state index >= 15 is 0 Å². The van der Waals surface area contributed by atoms with Gasteiger partial charge in [0.15, 0.2) is 5.79 Å². The van der Waals surface area contributed by atoms with Gasteiger partial charge in [0.1, 0.15) is 18.0 Å². The summed E-state index contributed by atoms with van der Waals surface area (Å²) in [7, 11) is 1.64. The van der Waals surface area contributed by atoms with E-state index in [1.54, 1.807) is 14.0 Å². The van der Waals surface area contributed by atoms with E-state index in [-0.39, 0.29) is 12.2 Å². The number of aliphatic hydroxyl groups excluding tert-OH is 1. The molecule has 1 saturated heterocycles. The van der Waals surface area contributed by atoms with Crippen LogP contribution in [0.4, 0.5) is 0 Å². The summed E-state index contributed by atoms with van der Waals surface area (Å²) in [5.74, 6) is 6.21. The van der Waals surface area contributed by atoms with Crippen molar-refractivity contribution in [3.63, 3.8) is 0 Å². The van der Waals surface area contributed by atoms with Crippen molar-refractivity contribution in [2.75, 3.05) is 7.11 Å². The van der Waals surface area contributed by atoms with Gasteiger partial charge in [-0.15, -0.1) is 6.58 Å². The minimum Gasteiger partial charge on any atom is -0.497 e. The van der Waals surface area contributed by atoms with Gasteiger partial charge in [-0.3, -0.25) is 0 Å². The van der Waals surface area contributed by atoms with Crippen LogP contribution < -0.4 is 4.74 Å². The van der Waals surface area contributed by atoms with Gasteiger partial charge in [-0.25, -0.2) is 0 Å². The highest BCUT2D eigenvalue weighted by atomic mass is 16.8. The molecule has 5 heteroatoms. The minimum absolute atomic E-state index is 0.181. The Morgan fingerprint density at radius 3 is 2.59 bits per heavy atom. The largest absolute Gasteiger partial charge is 0.497 e. The van der Waals surface area contributed by atoms with Gasteiger partial charge in [0.05, 0.1) is 25.9 Å². The molecule has 27 heavy (non-hydrogen) atoms. The first-order valence-electron chi connectivity index (χ1n) is 9.22. The van der Waals surface area contributed by atoms with E-state index < -0.39 is 18.0 Å². The van der Waals surface area contributed by atoms with Crippen LogP contribution in [0.5, 0.6) is 5.75 Å². The Morgan fingerprint density at radius 2 is 2.00 bits per heavy atom. The molecule has 148 valence electrons. The second-order valence-electron chi connectivity index (χ2n) is 7.12. The fraction of sp³-hybridized carbons (Fsp3) is 0.545. The van der Waals surface area contributed by atoms with Crippen molar-refractivity contribution in [3.8, 4) is 17.6 Å². The smallest absolute Gasteiger partial charge is 0.163 e. The molecule has 0 radical (unpaired) electrons. The molecule has 4 atom stereocenters. The van der Waals surface area contributed by atoms with Crippen molar-refractivity contribution in [1.82, 2.24) is 0 Å². The Balaban J connectivity index is 2.13. The average molecular weight is 374 g/mol. The van der Waals surface area contributed by atoms with Crippen LogP contribution in [-0.2, 0) is 20.8 Å². The number of hydrogen-bond donors (Lipinski definition) is 1. The first-order valence-corrected chi connectivity index (χ1v) is 9.22. The minimum atomic E-state index is -0.702. The molecule has 1 aromatic carbocycles. The predicted molar refractivity (Wildman–Crippen MR) is 104 cm³/mol. The molecule has 0 bridgehead atoms.